The number of esters is 1. The van der Waals surface area contributed by atoms with Crippen molar-refractivity contribution < 1.29 is 37.3 Å². The van der Waals surface area contributed by atoms with E-state index in [-0.39, 0.29) is 25.8 Å². The van der Waals surface area contributed by atoms with E-state index in [4.69, 9.17) is 18.5 Å². The summed E-state index contributed by atoms with van der Waals surface area (Å²) in [5.41, 5.74) is 0. The van der Waals surface area contributed by atoms with Gasteiger partial charge >= 0.3 is 5.97 Å². The lowest BCUT2D eigenvalue weighted by Crippen LogP contribution is -2.37. The van der Waals surface area contributed by atoms with E-state index in [9.17, 15) is 14.3 Å². The van der Waals surface area contributed by atoms with Crippen molar-refractivity contribution in [1.82, 2.24) is 0 Å². The summed E-state index contributed by atoms with van der Waals surface area (Å²) < 4.78 is 34.6. The number of ether oxygens (including phenoxy) is 2. The molecule has 63 heavy (non-hydrogen) atoms. The first-order valence-corrected chi connectivity index (χ1v) is 26.4. The lowest BCUT2D eigenvalue weighted by molar-refractivity contribution is -0.870. The van der Waals surface area contributed by atoms with Gasteiger partial charge in [0.25, 0.3) is 7.82 Å². The maximum absolute atomic E-state index is 12.7. The number of likely N-dealkylation sites (N-methyl/N-ethyl adjacent to an activating group) is 1. The summed E-state index contributed by atoms with van der Waals surface area (Å²) >= 11 is 0. The molecule has 2 unspecified atom stereocenters. The highest BCUT2D eigenvalue weighted by Crippen LogP contribution is 2.38. The number of allylic oxidation sites excluding steroid dienone is 16. The van der Waals surface area contributed by atoms with Crippen molar-refractivity contribution in [3.8, 4) is 0 Å². The number of quaternary nitrogens is 1. The summed E-state index contributed by atoms with van der Waals surface area (Å²) in [6.45, 7) is 5.20. The van der Waals surface area contributed by atoms with Crippen LogP contribution in [0.25, 0.3) is 0 Å². The number of nitrogens with zero attached hydrogens (tertiary/aromatic N) is 1. The molecule has 0 aliphatic heterocycles. The van der Waals surface area contributed by atoms with Gasteiger partial charge in [-0.05, 0) is 96.3 Å². The van der Waals surface area contributed by atoms with Crippen LogP contribution in [-0.4, -0.2) is 70.7 Å². The van der Waals surface area contributed by atoms with Crippen LogP contribution in [0.2, 0.25) is 0 Å². The van der Waals surface area contributed by atoms with E-state index in [2.05, 4.69) is 111 Å². The maximum atomic E-state index is 12.7. The van der Waals surface area contributed by atoms with Crippen molar-refractivity contribution in [2.24, 2.45) is 0 Å². The molecule has 0 saturated carbocycles. The van der Waals surface area contributed by atoms with Gasteiger partial charge in [0.2, 0.25) is 0 Å². The fourth-order valence-corrected chi connectivity index (χ4v) is 7.01. The summed E-state index contributed by atoms with van der Waals surface area (Å²) in [6, 6.07) is 0. The predicted octanol–water partition coefficient (Wildman–Crippen LogP) is 14.8. The molecule has 9 heteroatoms. The fraction of sp³-hybridized carbons (Fsp3) is 0.685. The SMILES string of the molecule is CC/C=C\C/C=C\C/C=C\C/C=C\C/C=C\C/C=C\C/C=C\CCCCCCOCC(COP(=O)([O-])OCC[N+](C)(C)C)OC(=O)CCCCCCC/C=C\CCCCCCCC. The van der Waals surface area contributed by atoms with E-state index in [0.29, 0.717) is 24.1 Å². The second-order valence-electron chi connectivity index (χ2n) is 17.4. The molecular weight excluding hydrogens is 806 g/mol. The van der Waals surface area contributed by atoms with Crippen LogP contribution < -0.4 is 4.89 Å². The molecule has 2 atom stereocenters. The number of hydrogen-bond acceptors (Lipinski definition) is 7. The zero-order chi connectivity index (χ0) is 46.2. The number of rotatable bonds is 45. The first-order valence-electron chi connectivity index (χ1n) is 25.0. The standard InChI is InChI=1S/C54H94NO7P/c1-6-8-10-12-14-16-18-20-22-23-24-25-26-27-28-29-30-31-32-34-36-38-40-42-44-46-49-59-51-53(52-61-63(57,58)60-50-48-55(3,4)5)62-54(56)47-45-43-41-39-37-35-33-21-19-17-15-13-11-9-7-2/h8,10,14,16,20-22,24-25,27-28,30-31,33-34,36,53H,6-7,9,11-13,15,17-19,23,26,29,32,35,37-52H2,1-5H3/b10-8-,16-14-,22-20-,25-24-,28-27-,31-30-,33-21-,36-34-. The van der Waals surface area contributed by atoms with Crippen molar-refractivity contribution >= 4 is 13.8 Å². The van der Waals surface area contributed by atoms with Gasteiger partial charge in [0.05, 0.1) is 34.4 Å². The van der Waals surface area contributed by atoms with Crippen LogP contribution in [0.15, 0.2) is 97.2 Å². The van der Waals surface area contributed by atoms with Crippen LogP contribution in [-0.2, 0) is 27.9 Å². The molecule has 0 aromatic heterocycles. The normalized spacial score (nSPS) is 14.4. The highest BCUT2D eigenvalue weighted by atomic mass is 31.2. The number of carbonyl (C=O) groups is 1. The molecule has 0 bridgehead atoms. The van der Waals surface area contributed by atoms with Crippen molar-refractivity contribution in [1.29, 1.82) is 0 Å². The monoisotopic (exact) mass is 900 g/mol. The quantitative estimate of drug-likeness (QED) is 0.0197. The lowest BCUT2D eigenvalue weighted by atomic mass is 10.1. The van der Waals surface area contributed by atoms with E-state index in [1.807, 2.05) is 21.1 Å². The van der Waals surface area contributed by atoms with Crippen LogP contribution in [0.4, 0.5) is 0 Å². The van der Waals surface area contributed by atoms with Gasteiger partial charge in [0.15, 0.2) is 0 Å². The molecule has 0 N–H and O–H groups in total. The molecule has 362 valence electrons. The minimum atomic E-state index is -4.54. The van der Waals surface area contributed by atoms with Crippen molar-refractivity contribution in [3.63, 3.8) is 0 Å². The molecule has 0 aliphatic carbocycles. The van der Waals surface area contributed by atoms with Crippen molar-refractivity contribution in [2.45, 2.75) is 187 Å². The smallest absolute Gasteiger partial charge is 0.306 e. The Balaban J connectivity index is 4.25. The second-order valence-corrected chi connectivity index (χ2v) is 18.8. The average molecular weight is 900 g/mol. The molecule has 0 aromatic rings. The third-order valence-electron chi connectivity index (χ3n) is 10.1. The molecule has 0 amide bonds. The Morgan fingerprint density at radius 3 is 1.40 bits per heavy atom. The number of phosphoric ester groups is 1. The molecule has 0 spiro atoms. The van der Waals surface area contributed by atoms with Crippen LogP contribution >= 0.6 is 7.82 Å². The Kier molecular flexibility index (Phi) is 44.1. The van der Waals surface area contributed by atoms with Gasteiger partial charge in [0.1, 0.15) is 19.3 Å². The maximum Gasteiger partial charge on any atom is 0.306 e. The third-order valence-corrected chi connectivity index (χ3v) is 11.1. The van der Waals surface area contributed by atoms with Crippen LogP contribution in [0.5, 0.6) is 0 Å². The van der Waals surface area contributed by atoms with E-state index in [1.165, 1.54) is 51.4 Å². The minimum Gasteiger partial charge on any atom is -0.756 e. The topological polar surface area (TPSA) is 94.1 Å². The van der Waals surface area contributed by atoms with E-state index >= 15 is 0 Å². The van der Waals surface area contributed by atoms with Gasteiger partial charge in [-0.3, -0.25) is 9.36 Å². The highest BCUT2D eigenvalue weighted by molar-refractivity contribution is 7.45. The summed E-state index contributed by atoms with van der Waals surface area (Å²) in [5.74, 6) is -0.356. The average Bonchev–Trinajstić information content (AvgIpc) is 3.24. The molecule has 0 fully saturated rings. The predicted molar refractivity (Wildman–Crippen MR) is 268 cm³/mol. The molecule has 8 nitrogen and oxygen atoms in total. The molecule has 0 rings (SSSR count). The van der Waals surface area contributed by atoms with Crippen molar-refractivity contribution in [3.05, 3.63) is 97.2 Å². The molecule has 0 saturated heterocycles. The van der Waals surface area contributed by atoms with Gasteiger partial charge in [0, 0.05) is 13.0 Å². The Morgan fingerprint density at radius 1 is 0.508 bits per heavy atom. The molecule has 0 aromatic carbocycles. The number of unbranched alkanes of at least 4 members (excludes halogenated alkanes) is 15. The molecule has 0 radical (unpaired) electrons. The minimum absolute atomic E-state index is 0.0139. The van der Waals surface area contributed by atoms with E-state index in [1.54, 1.807) is 0 Å². The molecule has 0 heterocycles. The van der Waals surface area contributed by atoms with Crippen molar-refractivity contribution in [2.75, 3.05) is 54.1 Å². The largest absolute Gasteiger partial charge is 0.756 e. The first kappa shape index (κ1) is 60.4. The Morgan fingerprint density at radius 2 is 0.921 bits per heavy atom. The van der Waals surface area contributed by atoms with E-state index < -0.39 is 13.9 Å². The van der Waals surface area contributed by atoms with Crippen LogP contribution in [0.1, 0.15) is 181 Å². The number of carbonyl (C=O) groups excluding carboxylic acids is 1. The van der Waals surface area contributed by atoms with Crippen LogP contribution in [0.3, 0.4) is 0 Å². The number of hydrogen-bond donors (Lipinski definition) is 0. The summed E-state index contributed by atoms with van der Waals surface area (Å²) in [5, 5.41) is 0. The molecular formula is C54H94NO7P. The van der Waals surface area contributed by atoms with Gasteiger partial charge < -0.3 is 27.9 Å². The third kappa shape index (κ3) is 50.3. The fourth-order valence-electron chi connectivity index (χ4n) is 6.28. The highest BCUT2D eigenvalue weighted by Gasteiger charge is 2.20. The van der Waals surface area contributed by atoms with Gasteiger partial charge in [-0.25, -0.2) is 0 Å². The first-order chi connectivity index (χ1) is 30.6. The Hall–Kier alpha value is -2.58. The van der Waals surface area contributed by atoms with E-state index in [0.717, 1.165) is 109 Å². The molecule has 0 aliphatic rings. The summed E-state index contributed by atoms with van der Waals surface area (Å²) in [7, 11) is 1.32. The second kappa shape index (κ2) is 46.0. The Labute approximate surface area is 387 Å². The lowest BCUT2D eigenvalue weighted by Gasteiger charge is -2.28. The summed E-state index contributed by atoms with van der Waals surface area (Å²) in [4.78, 5) is 25.1. The zero-order valence-electron chi connectivity index (χ0n) is 41.0. The summed E-state index contributed by atoms with van der Waals surface area (Å²) in [6.07, 6.45) is 62.9. The number of phosphoric acid groups is 1. The zero-order valence-corrected chi connectivity index (χ0v) is 41.9. The Bertz CT molecular complexity index is 1320. The van der Waals surface area contributed by atoms with Crippen LogP contribution in [0, 0.1) is 0 Å². The van der Waals surface area contributed by atoms with Gasteiger partial charge in [-0.15, -0.1) is 0 Å². The van der Waals surface area contributed by atoms with Gasteiger partial charge in [-0.2, -0.15) is 0 Å². The van der Waals surface area contributed by atoms with Gasteiger partial charge in [-0.1, -0.05) is 175 Å².